The van der Waals surface area contributed by atoms with Crippen LogP contribution in [0, 0.1) is 10.2 Å². The molecule has 1 aromatic rings. The van der Waals surface area contributed by atoms with Crippen LogP contribution in [0.1, 0.15) is 0 Å². The molecule has 0 saturated carbocycles. The Morgan fingerprint density at radius 3 is 2.40 bits per heavy atom. The molecule has 0 atom stereocenters. The minimum atomic E-state index is -0.0132. The number of nitrogens with zero attached hydrogens (tertiary/aromatic N) is 1. The molecule has 50 valence electrons. The number of hydrogen-bond acceptors (Lipinski definition) is 1. The minimum absolute atomic E-state index is 0.0132. The van der Waals surface area contributed by atoms with Gasteiger partial charge in [-0.3, -0.25) is 0 Å². The summed E-state index contributed by atoms with van der Waals surface area (Å²) < 4.78 is 2.18. The van der Waals surface area contributed by atoms with Crippen LogP contribution in [0.2, 0.25) is 0 Å². The zero-order valence-electron chi connectivity index (χ0n) is 5.04. The van der Waals surface area contributed by atoms with E-state index in [1.807, 2.05) is 24.3 Å². The summed E-state index contributed by atoms with van der Waals surface area (Å²) in [4.78, 5) is 2.15. The molecule has 0 aliphatic rings. The van der Waals surface area contributed by atoms with E-state index < -0.39 is 0 Å². The van der Waals surface area contributed by atoms with Crippen molar-refractivity contribution >= 4 is 35.3 Å². The van der Waals surface area contributed by atoms with Crippen molar-refractivity contribution in [3.63, 3.8) is 0 Å². The van der Waals surface area contributed by atoms with Crippen molar-refractivity contribution in [3.05, 3.63) is 28.7 Å². The maximum atomic E-state index is 8.36. The summed E-state index contributed by atoms with van der Waals surface area (Å²) in [5, 5.41) is 8.36. The Kier molecular flexibility index (Phi) is 2.95. The molecule has 1 aromatic carbocycles. The molecule has 0 fully saturated rings. The van der Waals surface area contributed by atoms with Gasteiger partial charge in [0.05, 0.1) is 0 Å². The third-order valence-electron chi connectivity index (χ3n) is 0.977. The SMILES string of the molecule is N#C[Se]c1ccc(Br)cc1. The second kappa shape index (κ2) is 3.78. The van der Waals surface area contributed by atoms with Gasteiger partial charge in [0.2, 0.25) is 0 Å². The predicted molar refractivity (Wildman–Crippen MR) is 45.1 cm³/mol. The number of rotatable bonds is 1. The molecule has 3 heteroatoms. The Bertz CT molecular complexity index is 249. The second-order valence-electron chi connectivity index (χ2n) is 1.65. The average molecular weight is 261 g/mol. The first-order valence-corrected chi connectivity index (χ1v) is 5.15. The van der Waals surface area contributed by atoms with E-state index in [2.05, 4.69) is 20.9 Å². The Morgan fingerprint density at radius 1 is 1.30 bits per heavy atom. The summed E-state index contributed by atoms with van der Waals surface area (Å²) in [7, 11) is 0. The third-order valence-corrected chi connectivity index (χ3v) is 2.76. The molecule has 0 N–H and O–H groups in total. The first-order valence-electron chi connectivity index (χ1n) is 2.64. The van der Waals surface area contributed by atoms with E-state index in [4.69, 9.17) is 5.26 Å². The fraction of sp³-hybridized carbons (Fsp3) is 0. The van der Waals surface area contributed by atoms with Crippen molar-refractivity contribution in [1.29, 1.82) is 5.26 Å². The standard InChI is InChI=1S/C7H4BrNSe/c8-6-1-3-7(4-2-6)10-5-9/h1-4H. The van der Waals surface area contributed by atoms with Gasteiger partial charge < -0.3 is 0 Å². The summed E-state index contributed by atoms with van der Waals surface area (Å²) in [6.45, 7) is 0. The molecule has 0 aromatic heterocycles. The van der Waals surface area contributed by atoms with Gasteiger partial charge in [0, 0.05) is 0 Å². The van der Waals surface area contributed by atoms with Crippen LogP contribution in [0.3, 0.4) is 0 Å². The number of halogens is 1. The number of nitriles is 1. The van der Waals surface area contributed by atoms with Crippen molar-refractivity contribution in [1.82, 2.24) is 0 Å². The predicted octanol–water partition coefficient (Wildman–Crippen LogP) is 1.26. The van der Waals surface area contributed by atoms with Gasteiger partial charge in [0.15, 0.2) is 0 Å². The van der Waals surface area contributed by atoms with Crippen LogP contribution in [0.25, 0.3) is 0 Å². The molecule has 1 nitrogen and oxygen atoms in total. The first-order chi connectivity index (χ1) is 4.83. The molecule has 0 bridgehead atoms. The van der Waals surface area contributed by atoms with E-state index >= 15 is 0 Å². The third kappa shape index (κ3) is 2.15. The Morgan fingerprint density at radius 2 is 1.90 bits per heavy atom. The van der Waals surface area contributed by atoms with Crippen molar-refractivity contribution in [2.45, 2.75) is 0 Å². The summed E-state index contributed by atoms with van der Waals surface area (Å²) in [6, 6.07) is 7.84. The van der Waals surface area contributed by atoms with E-state index in [-0.39, 0.29) is 15.0 Å². The normalized spacial score (nSPS) is 8.80. The molecule has 0 amide bonds. The van der Waals surface area contributed by atoms with E-state index in [1.165, 1.54) is 0 Å². The second-order valence-corrected chi connectivity index (χ2v) is 4.36. The summed E-state index contributed by atoms with van der Waals surface area (Å²) >= 11 is 3.31. The van der Waals surface area contributed by atoms with Crippen molar-refractivity contribution < 1.29 is 0 Å². The van der Waals surface area contributed by atoms with E-state index in [0.717, 1.165) is 8.93 Å². The molecule has 0 radical (unpaired) electrons. The first kappa shape index (κ1) is 7.81. The topological polar surface area (TPSA) is 23.8 Å². The molecular weight excluding hydrogens is 257 g/mol. The van der Waals surface area contributed by atoms with Gasteiger partial charge >= 0.3 is 74.3 Å². The van der Waals surface area contributed by atoms with Crippen LogP contribution >= 0.6 is 15.9 Å². The summed E-state index contributed by atoms with van der Waals surface area (Å²) in [6.07, 6.45) is 0. The van der Waals surface area contributed by atoms with Crippen LogP contribution in [0.4, 0.5) is 0 Å². The van der Waals surface area contributed by atoms with Gasteiger partial charge in [0.25, 0.3) is 0 Å². The Labute approximate surface area is 74.3 Å². The van der Waals surface area contributed by atoms with Gasteiger partial charge in [-0.1, -0.05) is 0 Å². The molecule has 0 aliphatic carbocycles. The van der Waals surface area contributed by atoms with E-state index in [1.54, 1.807) is 0 Å². The molecular formula is C7H4BrNSe. The van der Waals surface area contributed by atoms with Crippen LogP contribution in [-0.4, -0.2) is 15.0 Å². The quantitative estimate of drug-likeness (QED) is 0.698. The molecule has 10 heavy (non-hydrogen) atoms. The van der Waals surface area contributed by atoms with Gasteiger partial charge in [-0.2, -0.15) is 0 Å². The van der Waals surface area contributed by atoms with Gasteiger partial charge in [-0.05, 0) is 0 Å². The number of hydrogen-bond donors (Lipinski definition) is 0. The van der Waals surface area contributed by atoms with Crippen molar-refractivity contribution in [2.24, 2.45) is 0 Å². The molecule has 0 unspecified atom stereocenters. The Hall–Kier alpha value is -0.291. The zero-order chi connectivity index (χ0) is 7.40. The monoisotopic (exact) mass is 261 g/mol. The molecule has 0 heterocycles. The summed E-state index contributed by atoms with van der Waals surface area (Å²) in [5.41, 5.74) is 0. The average Bonchev–Trinajstić information content (AvgIpc) is 1.95. The summed E-state index contributed by atoms with van der Waals surface area (Å²) in [5.74, 6) is 0. The Balaban J connectivity index is 2.81. The van der Waals surface area contributed by atoms with Crippen molar-refractivity contribution in [2.75, 3.05) is 0 Å². The molecule has 0 saturated heterocycles. The van der Waals surface area contributed by atoms with Crippen molar-refractivity contribution in [3.8, 4) is 4.97 Å². The van der Waals surface area contributed by atoms with E-state index in [9.17, 15) is 0 Å². The number of benzene rings is 1. The molecule has 1 rings (SSSR count). The fourth-order valence-electron chi connectivity index (χ4n) is 0.555. The van der Waals surface area contributed by atoms with Crippen LogP contribution in [0.5, 0.6) is 0 Å². The fourth-order valence-corrected chi connectivity index (χ4v) is 1.61. The molecule has 0 spiro atoms. The van der Waals surface area contributed by atoms with Crippen LogP contribution < -0.4 is 4.46 Å². The van der Waals surface area contributed by atoms with Gasteiger partial charge in [-0.25, -0.2) is 0 Å². The van der Waals surface area contributed by atoms with Crippen LogP contribution in [0.15, 0.2) is 28.7 Å². The zero-order valence-corrected chi connectivity index (χ0v) is 8.34. The van der Waals surface area contributed by atoms with E-state index in [0.29, 0.717) is 0 Å². The molecule has 0 aliphatic heterocycles. The maximum absolute atomic E-state index is 8.36. The van der Waals surface area contributed by atoms with Gasteiger partial charge in [0.1, 0.15) is 0 Å². The van der Waals surface area contributed by atoms with Gasteiger partial charge in [-0.15, -0.1) is 0 Å². The van der Waals surface area contributed by atoms with Crippen LogP contribution in [-0.2, 0) is 0 Å².